The van der Waals surface area contributed by atoms with E-state index in [9.17, 15) is 41.8 Å². The molecule has 4 atom stereocenters. The summed E-state index contributed by atoms with van der Waals surface area (Å²) < 4.78 is 67.3. The van der Waals surface area contributed by atoms with Crippen molar-refractivity contribution >= 4 is 17.7 Å². The molecule has 1 aliphatic heterocycles. The number of hydrogen-bond donors (Lipinski definition) is 0. The van der Waals surface area contributed by atoms with Gasteiger partial charge in [0.05, 0.1) is 23.1 Å². The Bertz CT molecular complexity index is 589. The molecule has 0 fully saturated rings. The van der Waals surface area contributed by atoms with Gasteiger partial charge in [-0.15, -0.1) is 0 Å². The van der Waals surface area contributed by atoms with Gasteiger partial charge in [-0.05, 0) is 25.2 Å². The van der Waals surface area contributed by atoms with Gasteiger partial charge in [0.25, 0.3) is 6.43 Å². The quantitative estimate of drug-likeness (QED) is 0.669. The summed E-state index contributed by atoms with van der Waals surface area (Å²) >= 11 is 0. The number of carbonyl (C=O) groups is 2. The number of carboxylic acids is 2. The molecule has 144 valence electrons. The topological polar surface area (TPSA) is 92.6 Å². The summed E-state index contributed by atoms with van der Waals surface area (Å²) in [6, 6.07) is -3.04. The first-order valence-electron chi connectivity index (χ1n) is 7.54. The van der Waals surface area contributed by atoms with E-state index in [-0.39, 0.29) is 0 Å². The van der Waals surface area contributed by atoms with E-state index in [2.05, 4.69) is 4.99 Å². The van der Waals surface area contributed by atoms with Crippen molar-refractivity contribution in [2.24, 2.45) is 27.7 Å². The summed E-state index contributed by atoms with van der Waals surface area (Å²) in [4.78, 5) is 26.4. The van der Waals surface area contributed by atoms with Crippen LogP contribution in [0.2, 0.25) is 0 Å². The molecule has 0 bridgehead atoms. The van der Waals surface area contributed by atoms with Crippen molar-refractivity contribution in [1.29, 1.82) is 0 Å². The van der Waals surface area contributed by atoms with Gasteiger partial charge in [0.15, 0.2) is 6.04 Å². The fraction of sp³-hybridized carbons (Fsp3) is 0.800. The molecule has 0 saturated heterocycles. The first kappa shape index (κ1) is 21.3. The first-order chi connectivity index (χ1) is 11.2. The number of aliphatic carboxylic acids is 2. The molecule has 0 N–H and O–H groups in total. The molecule has 1 rings (SSSR count). The third-order valence-electron chi connectivity index (χ3n) is 5.04. The zero-order valence-corrected chi connectivity index (χ0v) is 14.0. The maximum atomic E-state index is 13.5. The molecule has 0 aliphatic carbocycles. The Morgan fingerprint density at radius 3 is 1.92 bits per heavy atom. The predicted molar refractivity (Wildman–Crippen MR) is 72.5 cm³/mol. The van der Waals surface area contributed by atoms with Crippen LogP contribution in [0.1, 0.15) is 34.1 Å². The van der Waals surface area contributed by atoms with E-state index in [1.165, 1.54) is 13.8 Å². The van der Waals surface area contributed by atoms with E-state index in [4.69, 9.17) is 0 Å². The van der Waals surface area contributed by atoms with Crippen molar-refractivity contribution in [1.82, 2.24) is 0 Å². The average Bonchev–Trinajstić information content (AvgIpc) is 2.43. The number of halogens is 5. The summed E-state index contributed by atoms with van der Waals surface area (Å²) in [5.41, 5.74) is -7.04. The summed E-state index contributed by atoms with van der Waals surface area (Å²) in [7, 11) is 0. The van der Waals surface area contributed by atoms with Crippen LogP contribution >= 0.6 is 0 Å². The van der Waals surface area contributed by atoms with Crippen LogP contribution in [0.25, 0.3) is 0 Å². The highest BCUT2D eigenvalue weighted by molar-refractivity contribution is 6.08. The van der Waals surface area contributed by atoms with E-state index in [0.29, 0.717) is 0 Å². The normalized spacial score (nSPS) is 33.5. The molecule has 0 saturated carbocycles. The van der Waals surface area contributed by atoms with E-state index >= 15 is 0 Å². The zero-order chi connectivity index (χ0) is 20.0. The Morgan fingerprint density at radius 2 is 1.68 bits per heavy atom. The molecule has 0 aromatic carbocycles. The second kappa shape index (κ2) is 6.53. The third-order valence-corrected chi connectivity index (χ3v) is 5.04. The summed E-state index contributed by atoms with van der Waals surface area (Å²) in [5, 5.41) is 23.5. The lowest BCUT2D eigenvalue weighted by molar-refractivity contribution is -0.340. The minimum atomic E-state index is -5.28. The number of hydrogen-bond acceptors (Lipinski definition) is 5. The molecule has 5 nitrogen and oxygen atoms in total. The predicted octanol–water partition coefficient (Wildman–Crippen LogP) is 0.812. The molecule has 4 unspecified atom stereocenters. The van der Waals surface area contributed by atoms with Gasteiger partial charge >= 0.3 is 6.18 Å². The second-order valence-electron chi connectivity index (χ2n) is 6.65. The molecule has 0 spiro atoms. The lowest BCUT2D eigenvalue weighted by Crippen LogP contribution is -2.70. The van der Waals surface area contributed by atoms with Crippen molar-refractivity contribution < 1.29 is 41.8 Å². The highest BCUT2D eigenvalue weighted by Crippen LogP contribution is 2.57. The molecule has 0 aromatic heterocycles. The van der Waals surface area contributed by atoms with Gasteiger partial charge in [0.2, 0.25) is 0 Å². The standard InChI is InChI=1S/C15H20F5NO4/c1-5-14(12(24)25)7(6(2)3)13(4,11(22)23)8(9(16)17)21-10(14)15(18,19)20/h6-7,9-10H,5H2,1-4H3,(H,22,23)(H,24,25)/p-2. The van der Waals surface area contributed by atoms with Gasteiger partial charge < -0.3 is 19.8 Å². The maximum Gasteiger partial charge on any atom is 0.411 e. The van der Waals surface area contributed by atoms with E-state index in [1.807, 2.05) is 0 Å². The molecule has 10 heteroatoms. The minimum absolute atomic E-state index is 0.703. The van der Waals surface area contributed by atoms with E-state index in [1.54, 1.807) is 0 Å². The van der Waals surface area contributed by atoms with Crippen molar-refractivity contribution in [3.05, 3.63) is 0 Å². The van der Waals surface area contributed by atoms with Crippen LogP contribution in [0.4, 0.5) is 22.0 Å². The minimum Gasteiger partial charge on any atom is -0.549 e. The van der Waals surface area contributed by atoms with Gasteiger partial charge in [-0.25, -0.2) is 8.78 Å². The van der Waals surface area contributed by atoms with Crippen LogP contribution in [0.15, 0.2) is 4.99 Å². The number of aliphatic imine (C=N–C) groups is 1. The van der Waals surface area contributed by atoms with E-state index in [0.717, 1.165) is 13.8 Å². The van der Waals surface area contributed by atoms with Gasteiger partial charge in [-0.2, -0.15) is 13.2 Å². The summed E-state index contributed by atoms with van der Waals surface area (Å²) in [5.74, 6) is -7.17. The smallest absolute Gasteiger partial charge is 0.411 e. The molecule has 1 aliphatic rings. The summed E-state index contributed by atoms with van der Waals surface area (Å²) in [6.07, 6.45) is -9.60. The Labute approximate surface area is 140 Å². The van der Waals surface area contributed by atoms with Gasteiger partial charge in [0.1, 0.15) is 0 Å². The molecule has 25 heavy (non-hydrogen) atoms. The van der Waals surface area contributed by atoms with Crippen LogP contribution < -0.4 is 10.2 Å². The van der Waals surface area contributed by atoms with Crippen LogP contribution in [0.5, 0.6) is 0 Å². The highest BCUT2D eigenvalue weighted by atomic mass is 19.4. The second-order valence-corrected chi connectivity index (χ2v) is 6.65. The number of alkyl halides is 5. The largest absolute Gasteiger partial charge is 0.549 e. The van der Waals surface area contributed by atoms with Gasteiger partial charge in [-0.3, -0.25) is 4.99 Å². The molecular weight excluding hydrogens is 353 g/mol. The van der Waals surface area contributed by atoms with Crippen LogP contribution in [0, 0.1) is 22.7 Å². The maximum absolute atomic E-state index is 13.5. The van der Waals surface area contributed by atoms with Crippen molar-refractivity contribution in [2.45, 2.75) is 52.8 Å². The van der Waals surface area contributed by atoms with E-state index < -0.39 is 65.4 Å². The third kappa shape index (κ3) is 2.99. The van der Waals surface area contributed by atoms with Gasteiger partial charge in [-0.1, -0.05) is 20.8 Å². The number of nitrogens with zero attached hydrogens (tertiary/aromatic N) is 1. The Balaban J connectivity index is 4.03. The molecule has 0 amide bonds. The molecule has 1 heterocycles. The van der Waals surface area contributed by atoms with Crippen molar-refractivity contribution in [2.75, 3.05) is 0 Å². The Hall–Kier alpha value is -1.74. The molecule has 0 aromatic rings. The fourth-order valence-corrected chi connectivity index (χ4v) is 4.17. The lowest BCUT2D eigenvalue weighted by atomic mass is 9.51. The Morgan fingerprint density at radius 1 is 1.20 bits per heavy atom. The number of carboxylic acid groups (broad SMARTS) is 2. The van der Waals surface area contributed by atoms with Crippen LogP contribution in [-0.4, -0.2) is 36.3 Å². The summed E-state index contributed by atoms with van der Waals surface area (Å²) in [6.45, 7) is 4.36. The number of carbonyl (C=O) groups excluding carboxylic acids is 2. The Kier molecular flexibility index (Phi) is 5.56. The lowest BCUT2D eigenvalue weighted by Gasteiger charge is -2.57. The fourth-order valence-electron chi connectivity index (χ4n) is 4.17. The molecular formula is C15H18F5NO4-2. The zero-order valence-electron chi connectivity index (χ0n) is 14.0. The first-order valence-corrected chi connectivity index (χ1v) is 7.54. The SMILES string of the molecule is CCC1(C(=O)[O-])C(C(F)(F)F)N=C(C(F)F)C(C)(C(=O)[O-])C1C(C)C. The van der Waals surface area contributed by atoms with Crippen LogP contribution in [-0.2, 0) is 9.59 Å². The highest BCUT2D eigenvalue weighted by Gasteiger charge is 2.66. The number of rotatable bonds is 5. The van der Waals surface area contributed by atoms with Crippen LogP contribution in [0.3, 0.4) is 0 Å². The van der Waals surface area contributed by atoms with Gasteiger partial charge in [0, 0.05) is 5.41 Å². The monoisotopic (exact) mass is 371 g/mol. The van der Waals surface area contributed by atoms with Crippen molar-refractivity contribution in [3.8, 4) is 0 Å². The average molecular weight is 371 g/mol. The molecule has 0 radical (unpaired) electrons. The van der Waals surface area contributed by atoms with Crippen molar-refractivity contribution in [3.63, 3.8) is 0 Å².